The minimum Gasteiger partial charge on any atom is -0.497 e. The van der Waals surface area contributed by atoms with Gasteiger partial charge in [-0.3, -0.25) is 19.4 Å². The zero-order valence-corrected chi connectivity index (χ0v) is 17.9. The summed E-state index contributed by atoms with van der Waals surface area (Å²) in [6.07, 6.45) is 1.87. The van der Waals surface area contributed by atoms with Crippen LogP contribution in [-0.4, -0.2) is 31.5 Å². The Bertz CT molecular complexity index is 1160. The predicted octanol–water partition coefficient (Wildman–Crippen LogP) is 4.69. The van der Waals surface area contributed by atoms with Crippen LogP contribution in [0, 0.1) is 5.82 Å². The van der Waals surface area contributed by atoms with Gasteiger partial charge in [-0.05, 0) is 54.5 Å². The quantitative estimate of drug-likeness (QED) is 0.590. The molecule has 1 aliphatic heterocycles. The van der Waals surface area contributed by atoms with Crippen LogP contribution in [0.25, 0.3) is 6.08 Å². The Hall–Kier alpha value is -3.93. The van der Waals surface area contributed by atoms with Gasteiger partial charge < -0.3 is 4.74 Å². The molecular formula is C26H23FN2O3. The molecule has 1 heterocycles. The molecule has 3 aromatic carbocycles. The summed E-state index contributed by atoms with van der Waals surface area (Å²) < 4.78 is 19.7. The van der Waals surface area contributed by atoms with Gasteiger partial charge in [0.05, 0.1) is 12.8 Å². The third-order valence-corrected chi connectivity index (χ3v) is 5.44. The van der Waals surface area contributed by atoms with Crippen molar-refractivity contribution in [1.29, 1.82) is 0 Å². The van der Waals surface area contributed by atoms with E-state index in [4.69, 9.17) is 4.74 Å². The average molecular weight is 430 g/mol. The number of ether oxygens (including phenoxy) is 1. The number of hydrogen-bond donors (Lipinski definition) is 0. The van der Waals surface area contributed by atoms with Gasteiger partial charge in [-0.2, -0.15) is 0 Å². The van der Waals surface area contributed by atoms with Crippen LogP contribution in [0.5, 0.6) is 5.75 Å². The Morgan fingerprint density at radius 3 is 2.28 bits per heavy atom. The Balaban J connectivity index is 1.80. The molecule has 162 valence electrons. The zero-order chi connectivity index (χ0) is 22.7. The van der Waals surface area contributed by atoms with Crippen molar-refractivity contribution >= 4 is 29.3 Å². The molecule has 4 rings (SSSR count). The lowest BCUT2D eigenvalue weighted by molar-refractivity contribution is -0.127. The van der Waals surface area contributed by atoms with Crippen molar-refractivity contribution in [2.24, 2.45) is 0 Å². The fourth-order valence-electron chi connectivity index (χ4n) is 3.89. The normalized spacial score (nSPS) is 17.0. The molecule has 0 saturated carbocycles. The number of para-hydroxylation sites is 1. The first kappa shape index (κ1) is 21.3. The van der Waals surface area contributed by atoms with E-state index in [1.807, 2.05) is 43.3 Å². The van der Waals surface area contributed by atoms with Gasteiger partial charge in [0.1, 0.15) is 24.2 Å². The second-order valence-electron chi connectivity index (χ2n) is 7.54. The van der Waals surface area contributed by atoms with Crippen molar-refractivity contribution in [2.75, 3.05) is 23.5 Å². The van der Waals surface area contributed by atoms with Crippen molar-refractivity contribution in [1.82, 2.24) is 0 Å². The number of halogens is 1. The second kappa shape index (κ2) is 9.06. The highest BCUT2D eigenvalue weighted by Crippen LogP contribution is 2.31. The van der Waals surface area contributed by atoms with E-state index in [0.29, 0.717) is 17.0 Å². The van der Waals surface area contributed by atoms with Crippen molar-refractivity contribution < 1.29 is 18.7 Å². The van der Waals surface area contributed by atoms with E-state index in [1.165, 1.54) is 21.9 Å². The highest BCUT2D eigenvalue weighted by molar-refractivity contribution is 6.16. The number of rotatable bonds is 5. The molecule has 32 heavy (non-hydrogen) atoms. The van der Waals surface area contributed by atoms with Gasteiger partial charge in [0.25, 0.3) is 5.91 Å². The Kier molecular flexibility index (Phi) is 6.03. The van der Waals surface area contributed by atoms with E-state index in [9.17, 15) is 14.0 Å². The molecule has 6 heteroatoms. The summed E-state index contributed by atoms with van der Waals surface area (Å²) in [4.78, 5) is 29.7. The van der Waals surface area contributed by atoms with Gasteiger partial charge in [0.2, 0.25) is 5.91 Å². The topological polar surface area (TPSA) is 49.9 Å². The van der Waals surface area contributed by atoms with Crippen LogP contribution < -0.4 is 14.5 Å². The lowest BCUT2D eigenvalue weighted by atomic mass is 9.98. The van der Waals surface area contributed by atoms with Gasteiger partial charge in [0, 0.05) is 5.69 Å². The molecule has 1 atom stereocenters. The van der Waals surface area contributed by atoms with E-state index in [-0.39, 0.29) is 24.0 Å². The lowest BCUT2D eigenvalue weighted by Crippen LogP contribution is -2.61. The Morgan fingerprint density at radius 2 is 1.62 bits per heavy atom. The van der Waals surface area contributed by atoms with Crippen LogP contribution >= 0.6 is 0 Å². The van der Waals surface area contributed by atoms with Crippen molar-refractivity contribution in [2.45, 2.75) is 13.0 Å². The van der Waals surface area contributed by atoms with Crippen LogP contribution in [0.3, 0.4) is 0 Å². The number of amides is 2. The second-order valence-corrected chi connectivity index (χ2v) is 7.54. The van der Waals surface area contributed by atoms with E-state index in [1.54, 1.807) is 43.5 Å². The number of carbonyl (C=O) groups is 2. The van der Waals surface area contributed by atoms with Gasteiger partial charge in [0.15, 0.2) is 0 Å². The Morgan fingerprint density at radius 1 is 0.969 bits per heavy atom. The molecule has 0 radical (unpaired) electrons. The SMILES string of the molecule is COc1ccc(N2C(=O)CN(c3ccccc3F)C(=O)[C@H]2/C(C)=C\c2ccccc2)cc1. The monoisotopic (exact) mass is 430 g/mol. The standard InChI is InChI=1S/C26H23FN2O3/c1-18(16-19-8-4-3-5-9-19)25-26(31)28(23-11-7-6-10-22(23)27)17-24(30)29(25)20-12-14-21(32-2)15-13-20/h3-16,25H,17H2,1-2H3/b18-16-/t25-/m1/s1. The minimum absolute atomic E-state index is 0.0951. The van der Waals surface area contributed by atoms with Gasteiger partial charge in [-0.25, -0.2) is 4.39 Å². The number of benzene rings is 3. The van der Waals surface area contributed by atoms with Crippen LogP contribution in [-0.2, 0) is 9.59 Å². The number of carbonyl (C=O) groups excluding carboxylic acids is 2. The maximum Gasteiger partial charge on any atom is 0.255 e. The number of piperazine rings is 1. The van der Waals surface area contributed by atoms with Gasteiger partial charge in [-0.15, -0.1) is 0 Å². The maximum absolute atomic E-state index is 14.5. The minimum atomic E-state index is -0.913. The fourth-order valence-corrected chi connectivity index (χ4v) is 3.89. The third-order valence-electron chi connectivity index (χ3n) is 5.44. The summed E-state index contributed by atoms with van der Waals surface area (Å²) in [5.74, 6) is -0.570. The smallest absolute Gasteiger partial charge is 0.255 e. The highest BCUT2D eigenvalue weighted by Gasteiger charge is 2.42. The van der Waals surface area contributed by atoms with Crippen LogP contribution in [0.15, 0.2) is 84.4 Å². The molecular weight excluding hydrogens is 407 g/mol. The number of methoxy groups -OCH3 is 1. The van der Waals surface area contributed by atoms with Crippen molar-refractivity contribution in [3.8, 4) is 5.75 Å². The summed E-state index contributed by atoms with van der Waals surface area (Å²) in [5, 5.41) is 0. The third kappa shape index (κ3) is 4.12. The molecule has 0 aromatic heterocycles. The summed E-state index contributed by atoms with van der Waals surface area (Å²) in [7, 11) is 1.56. The van der Waals surface area contributed by atoms with Gasteiger partial charge in [-0.1, -0.05) is 48.5 Å². The summed E-state index contributed by atoms with van der Waals surface area (Å²) in [6.45, 7) is 1.56. The highest BCUT2D eigenvalue weighted by atomic mass is 19.1. The first-order valence-corrected chi connectivity index (χ1v) is 10.2. The van der Waals surface area contributed by atoms with Crippen LogP contribution in [0.2, 0.25) is 0 Å². The van der Waals surface area contributed by atoms with E-state index >= 15 is 0 Å². The number of nitrogens with zero attached hydrogens (tertiary/aromatic N) is 2. The largest absolute Gasteiger partial charge is 0.497 e. The summed E-state index contributed by atoms with van der Waals surface area (Å²) >= 11 is 0. The predicted molar refractivity (Wildman–Crippen MR) is 123 cm³/mol. The first-order valence-electron chi connectivity index (χ1n) is 10.2. The molecule has 3 aromatic rings. The number of hydrogen-bond acceptors (Lipinski definition) is 3. The van der Waals surface area contributed by atoms with Crippen LogP contribution in [0.4, 0.5) is 15.8 Å². The maximum atomic E-state index is 14.5. The first-order chi connectivity index (χ1) is 15.5. The van der Waals surface area contributed by atoms with Crippen molar-refractivity contribution in [3.05, 3.63) is 95.8 Å². The molecule has 1 saturated heterocycles. The molecule has 5 nitrogen and oxygen atoms in total. The lowest BCUT2D eigenvalue weighted by Gasteiger charge is -2.40. The summed E-state index contributed by atoms with van der Waals surface area (Å²) in [5.41, 5.74) is 2.25. The van der Waals surface area contributed by atoms with Crippen LogP contribution in [0.1, 0.15) is 12.5 Å². The van der Waals surface area contributed by atoms with E-state index < -0.39 is 11.9 Å². The van der Waals surface area contributed by atoms with E-state index in [0.717, 1.165) is 5.56 Å². The van der Waals surface area contributed by atoms with Gasteiger partial charge >= 0.3 is 0 Å². The fraction of sp³-hybridized carbons (Fsp3) is 0.154. The zero-order valence-electron chi connectivity index (χ0n) is 17.9. The molecule has 0 spiro atoms. The van der Waals surface area contributed by atoms with E-state index in [2.05, 4.69) is 0 Å². The molecule has 0 aliphatic carbocycles. The molecule has 0 bridgehead atoms. The average Bonchev–Trinajstić information content (AvgIpc) is 2.81. The molecule has 2 amide bonds. The molecule has 0 N–H and O–H groups in total. The number of anilines is 2. The van der Waals surface area contributed by atoms with Crippen molar-refractivity contribution in [3.63, 3.8) is 0 Å². The summed E-state index contributed by atoms with van der Waals surface area (Å²) in [6, 6.07) is 21.6. The molecule has 0 unspecified atom stereocenters. The molecule has 1 aliphatic rings. The molecule has 1 fully saturated rings. The Labute approximate surface area is 186 Å².